The van der Waals surface area contributed by atoms with Crippen LogP contribution in [0.2, 0.25) is 0 Å². The summed E-state index contributed by atoms with van der Waals surface area (Å²) in [4.78, 5) is 265. The Balaban J connectivity index is 1.32. The van der Waals surface area contributed by atoms with Crippen LogP contribution in [0.3, 0.4) is 0 Å². The van der Waals surface area contributed by atoms with E-state index < -0.39 is 282 Å². The van der Waals surface area contributed by atoms with Crippen LogP contribution >= 0.6 is 0 Å². The maximum absolute atomic E-state index is 15.5. The lowest BCUT2D eigenvalue weighted by Crippen LogP contribution is -2.62. The molecule has 2 aliphatic heterocycles. The molecule has 0 bridgehead atoms. The molecule has 2 fully saturated rings. The van der Waals surface area contributed by atoms with Crippen LogP contribution in [0, 0.1) is 5.41 Å². The molecule has 810 valence electrons. The van der Waals surface area contributed by atoms with Crippen LogP contribution in [0.1, 0.15) is 210 Å². The largest absolute Gasteiger partial charge is 0.480 e. The van der Waals surface area contributed by atoms with Gasteiger partial charge in [-0.25, -0.2) is 5.10 Å². The Labute approximate surface area is 847 Å². The van der Waals surface area contributed by atoms with Gasteiger partial charge in [-0.3, -0.25) is 96.0 Å². The van der Waals surface area contributed by atoms with Crippen LogP contribution in [-0.4, -0.2) is 347 Å². The number of tetrazole rings is 1. The molecule has 3 heterocycles. The van der Waals surface area contributed by atoms with E-state index in [9.17, 15) is 87.5 Å². The SMILES string of the molecule is C=C(C[C@@H]1NC(=O)[C@H](CCCNCN)NC(=O)[C@@H](Cc2ccccc2)NC(=O)[C@@H]2C[C@@H](O)CN2C(=O)[C@@H](NC(=O)[C@H](CCCC)NC(=O)[C@H](CNC(=O)CN(CC(=O)O)CC(=O)O)NC(=O)[C@H](CC(=N)CN)NC(=O)[C@H](CCC(N)=O)NC(=O)[C@H](CO)NC(=O)CNC(=O)COCCOCCNC(=O)CCCCCCCCCCCCCCCc2nnn[nH]2)CCC(=O)NCCCC[C@@H](C(N)=O)NC1=O)c1ccccc1. The van der Waals surface area contributed by atoms with Crippen LogP contribution in [-0.2, 0) is 113 Å². The van der Waals surface area contributed by atoms with Gasteiger partial charge >= 0.3 is 11.9 Å². The van der Waals surface area contributed by atoms with Crippen LogP contribution < -0.4 is 103 Å². The van der Waals surface area contributed by atoms with Gasteiger partial charge in [0.2, 0.25) is 100 Å². The number of carboxylic acid groups (broad SMARTS) is 2. The number of unbranched alkanes of at least 4 members (excludes halogenated alkanes) is 13. The molecule has 0 aliphatic carbocycles. The van der Waals surface area contributed by atoms with Gasteiger partial charge in [-0.1, -0.05) is 158 Å². The number of hydrogen-bond donors (Lipinski definition) is 25. The summed E-state index contributed by atoms with van der Waals surface area (Å²) < 4.78 is 10.8. The number of carbonyl (C=O) groups excluding carboxylic acids is 17. The van der Waals surface area contributed by atoms with E-state index in [0.717, 1.165) is 55.7 Å². The Morgan fingerprint density at radius 3 is 1.81 bits per heavy atom. The second-order valence-electron chi connectivity index (χ2n) is 35.9. The van der Waals surface area contributed by atoms with Crippen molar-refractivity contribution < 1.29 is 121 Å². The molecule has 51 heteroatoms. The minimum Gasteiger partial charge on any atom is -0.480 e. The Morgan fingerprint density at radius 1 is 0.596 bits per heavy atom. The van der Waals surface area contributed by atoms with Crippen LogP contribution in [0.25, 0.3) is 5.57 Å². The fourth-order valence-corrected chi connectivity index (χ4v) is 15.9. The highest BCUT2D eigenvalue weighted by molar-refractivity contribution is 6.02. The molecule has 0 radical (unpaired) electrons. The molecular formula is C95H150N26O25. The zero-order valence-electron chi connectivity index (χ0n) is 83.1. The second-order valence-corrected chi connectivity index (χ2v) is 35.9. The van der Waals surface area contributed by atoms with Crippen LogP contribution in [0.5, 0.6) is 0 Å². The molecular weight excluding hydrogens is 1910 g/mol. The standard InChI is InChI=1S/C95H150N26O25/c1-3-4-31-66(86(135)111-69-37-39-79(126)102-41-25-24-32-65(85(100)134)107-89(138)70(46-60(2)62-29-20-17-21-30-62)112-87(136)67(33-26-40-101-59-97)108-90(139)71(47-61-27-18-16-19-28-61)114-94(143)75-49-64(123)53-121(75)95(69)144)109-92(141)73(51-104-81(128)54-120(55-83(130)131)56-84(132)133)115-91(140)72(48-63(98)50-96)113-88(137)68(36-38-76(99)124)110-93(142)74(57-122)106-80(127)52-105-82(129)58-146-45-44-145-43-42-103-78(125)35-23-15-13-11-9-7-5-6-8-10-12-14-22-34-77-116-118-119-117-77/h16-21,27-30,64-75,98,101,122-123H,2-15,22-26,31-59,96-97H2,1H3,(H2,99,124)(H2,100,134)(H,102,126)(H,103,125)(H,104,128)(H,105,129)(H,106,127)(H,107,138)(H,108,139)(H,109,141)(H,110,142)(H,111,135)(H,112,136)(H,113,137)(H,114,143)(H,115,140)(H,130,131)(H,132,133)(H,116,117,118,119)/t64-,65+,66+,67+,68+,69+,70+,71-,72+,73+,74+,75+/m1/s1. The number of H-pyrrole nitrogens is 1. The number of carbonyl (C=O) groups is 19. The fourth-order valence-electron chi connectivity index (χ4n) is 15.9. The first-order valence-corrected chi connectivity index (χ1v) is 49.8. The minimum atomic E-state index is -2.12. The van der Waals surface area contributed by atoms with Crippen molar-refractivity contribution in [3.63, 3.8) is 0 Å². The highest BCUT2D eigenvalue weighted by atomic mass is 16.5. The number of aliphatic hydroxyl groups excluding tert-OH is 2. The summed E-state index contributed by atoms with van der Waals surface area (Å²) >= 11 is 0. The quantitative estimate of drug-likeness (QED) is 0.0143. The Kier molecular flexibility index (Phi) is 59.2. The number of rotatable bonds is 66. The van der Waals surface area contributed by atoms with E-state index in [0.29, 0.717) is 34.4 Å². The summed E-state index contributed by atoms with van der Waals surface area (Å²) in [5.74, 6) is -19.3. The van der Waals surface area contributed by atoms with Crippen molar-refractivity contribution in [2.24, 2.45) is 22.9 Å². The lowest BCUT2D eigenvalue weighted by Gasteiger charge is -2.31. The number of fused-ring (bicyclic) bond motifs is 1. The first kappa shape index (κ1) is 123. The predicted molar refractivity (Wildman–Crippen MR) is 529 cm³/mol. The second kappa shape index (κ2) is 70.3. The summed E-state index contributed by atoms with van der Waals surface area (Å²) in [7, 11) is 0. The van der Waals surface area contributed by atoms with E-state index in [1.807, 2.05) is 0 Å². The first-order chi connectivity index (χ1) is 70.0. The smallest absolute Gasteiger partial charge is 0.317 e. The molecule has 1 aromatic heterocycles. The molecule has 0 unspecified atom stereocenters. The lowest BCUT2D eigenvalue weighted by atomic mass is 9.98. The number of amides is 17. The third kappa shape index (κ3) is 50.4. The van der Waals surface area contributed by atoms with Crippen molar-refractivity contribution in [2.75, 3.05) is 105 Å². The third-order valence-electron chi connectivity index (χ3n) is 23.8. The first-order valence-electron chi connectivity index (χ1n) is 49.8. The predicted octanol–water partition coefficient (Wildman–Crippen LogP) is -5.12. The number of aryl methyl sites for hydroxylation is 1. The van der Waals surface area contributed by atoms with Gasteiger partial charge in [0.25, 0.3) is 0 Å². The zero-order valence-corrected chi connectivity index (χ0v) is 83.1. The Morgan fingerprint density at radius 2 is 1.18 bits per heavy atom. The van der Waals surface area contributed by atoms with Crippen LogP contribution in [0.15, 0.2) is 67.2 Å². The third-order valence-corrected chi connectivity index (χ3v) is 23.8. The van der Waals surface area contributed by atoms with Crippen molar-refractivity contribution in [3.8, 4) is 0 Å². The number of ether oxygens (including phenoxy) is 2. The molecule has 29 N–H and O–H groups in total. The van der Waals surface area contributed by atoms with E-state index in [1.165, 1.54) is 44.9 Å². The number of aliphatic hydroxyl groups is 2. The number of benzene rings is 2. The number of carboxylic acids is 2. The Hall–Kier alpha value is -13.5. The molecule has 17 amide bonds. The van der Waals surface area contributed by atoms with Crippen molar-refractivity contribution in [2.45, 2.75) is 279 Å². The van der Waals surface area contributed by atoms with E-state index in [1.54, 1.807) is 67.6 Å². The number of nitrogens with two attached hydrogens (primary N) is 4. The average molecular weight is 2060 g/mol. The highest BCUT2D eigenvalue weighted by Crippen LogP contribution is 2.24. The molecule has 12 atom stereocenters. The van der Waals surface area contributed by atoms with Gasteiger partial charge in [-0.2, -0.15) is 0 Å². The molecule has 2 aliphatic rings. The van der Waals surface area contributed by atoms with E-state index >= 15 is 24.0 Å². The number of nitrogens with one attached hydrogen (secondary N) is 17. The van der Waals surface area contributed by atoms with Gasteiger partial charge in [0.05, 0.1) is 58.7 Å². The van der Waals surface area contributed by atoms with Gasteiger partial charge in [-0.15, -0.1) is 5.10 Å². The number of nitrogens with zero attached hydrogens (tertiary/aromatic N) is 5. The zero-order chi connectivity index (χ0) is 107. The van der Waals surface area contributed by atoms with Crippen LogP contribution in [0.4, 0.5) is 0 Å². The molecule has 146 heavy (non-hydrogen) atoms. The Bertz CT molecular complexity index is 4660. The summed E-state index contributed by atoms with van der Waals surface area (Å²) in [6, 6.07) is -1.97. The number of aliphatic carboxylic acids is 2. The van der Waals surface area contributed by atoms with Crippen molar-refractivity contribution in [1.82, 2.24) is 110 Å². The average Bonchev–Trinajstić information content (AvgIpc) is 1.65. The molecule has 3 aromatic rings. The molecule has 0 saturated carbocycles. The molecule has 5 rings (SSSR count). The van der Waals surface area contributed by atoms with Gasteiger partial charge in [0, 0.05) is 96.5 Å². The van der Waals surface area contributed by atoms with Gasteiger partial charge in [-0.05, 0) is 97.9 Å². The maximum atomic E-state index is 15.5. The van der Waals surface area contributed by atoms with Gasteiger partial charge < -0.3 is 143 Å². The monoisotopic (exact) mass is 2060 g/mol. The molecule has 2 saturated heterocycles. The van der Waals surface area contributed by atoms with E-state index in [2.05, 4.69) is 107 Å². The summed E-state index contributed by atoms with van der Waals surface area (Å²) in [5.41, 5.74) is 23.9. The minimum absolute atomic E-state index is 0.0430. The summed E-state index contributed by atoms with van der Waals surface area (Å²) in [5, 5.41) is 101. The summed E-state index contributed by atoms with van der Waals surface area (Å²) in [6.07, 6.45) is 10.8. The maximum Gasteiger partial charge on any atom is 0.317 e. The normalized spacial score (nSPS) is 18.2. The molecule has 51 nitrogen and oxygen atoms in total. The number of hydrogen-bond acceptors (Lipinski definition) is 31. The van der Waals surface area contributed by atoms with E-state index in [-0.39, 0.29) is 110 Å². The lowest BCUT2D eigenvalue weighted by molar-refractivity contribution is -0.143. The van der Waals surface area contributed by atoms with Crippen molar-refractivity contribution >= 4 is 124 Å². The molecule has 0 spiro atoms. The number of aromatic nitrogens is 4. The fraction of sp³-hybridized carbons (Fsp3) is 0.632. The van der Waals surface area contributed by atoms with Gasteiger partial charge in [0.1, 0.15) is 78.9 Å². The number of primary amides is 2. The van der Waals surface area contributed by atoms with E-state index in [4.69, 9.17) is 37.8 Å². The van der Waals surface area contributed by atoms with Crippen molar-refractivity contribution in [1.29, 1.82) is 5.41 Å². The highest BCUT2D eigenvalue weighted by Gasteiger charge is 2.45. The van der Waals surface area contributed by atoms with Crippen molar-refractivity contribution in [3.05, 3.63) is 84.2 Å². The number of aromatic amines is 1. The summed E-state index contributed by atoms with van der Waals surface area (Å²) in [6.45, 7) is -1.13. The topological polar surface area (TPSA) is 793 Å². The van der Waals surface area contributed by atoms with Gasteiger partial charge in [0.15, 0.2) is 0 Å². The molecule has 2 aromatic carbocycles.